The first-order chi connectivity index (χ1) is 10.1. The molecule has 2 heterocycles. The molecule has 1 aliphatic heterocycles. The number of piperazine rings is 1. The fraction of sp³-hybridized carbons (Fsp3) is 0.625. The second-order valence-electron chi connectivity index (χ2n) is 6.22. The minimum absolute atomic E-state index is 0.0157. The van der Waals surface area contributed by atoms with Gasteiger partial charge in [0, 0.05) is 6.54 Å². The van der Waals surface area contributed by atoms with E-state index in [4.69, 9.17) is 0 Å². The van der Waals surface area contributed by atoms with Crippen LogP contribution in [0.4, 0.5) is 0 Å². The molecule has 2 fully saturated rings. The molecular weight excluding hydrogens is 284 g/mol. The Bertz CT molecular complexity index is 534. The largest absolute Gasteiger partial charge is 0.342 e. The summed E-state index contributed by atoms with van der Waals surface area (Å²) in [5.41, 5.74) is 2.36. The maximum absolute atomic E-state index is 12.7. The summed E-state index contributed by atoms with van der Waals surface area (Å²) in [5.74, 6) is 0.409. The third-order valence-electron chi connectivity index (χ3n) is 4.67. The monoisotopic (exact) mass is 306 g/mol. The predicted molar refractivity (Wildman–Crippen MR) is 83.0 cm³/mol. The van der Waals surface area contributed by atoms with Crippen LogP contribution in [0.5, 0.6) is 0 Å². The standard InChI is InChI=1S/C16H22N2O2S/c1-11-9-21-10-13(11)7-18-8-14(19)17-15(16(18)20)12-5-3-2-4-6-12/h9-10,12,15H,2-8H2,1H3,(H,17,19). The zero-order chi connectivity index (χ0) is 14.8. The van der Waals surface area contributed by atoms with Gasteiger partial charge in [-0.25, -0.2) is 0 Å². The molecule has 0 radical (unpaired) electrons. The summed E-state index contributed by atoms with van der Waals surface area (Å²) < 4.78 is 0. The number of nitrogens with one attached hydrogen (secondary N) is 1. The van der Waals surface area contributed by atoms with Crippen LogP contribution in [0.1, 0.15) is 43.2 Å². The van der Waals surface area contributed by atoms with Crippen LogP contribution in [-0.4, -0.2) is 29.3 Å². The lowest BCUT2D eigenvalue weighted by Gasteiger charge is -2.37. The molecule has 0 spiro atoms. The minimum atomic E-state index is -0.300. The van der Waals surface area contributed by atoms with E-state index in [2.05, 4.69) is 23.0 Å². The van der Waals surface area contributed by atoms with E-state index >= 15 is 0 Å². The average Bonchev–Trinajstić information content (AvgIpc) is 2.89. The molecule has 1 saturated carbocycles. The summed E-state index contributed by atoms with van der Waals surface area (Å²) in [4.78, 5) is 26.4. The van der Waals surface area contributed by atoms with Gasteiger partial charge in [-0.3, -0.25) is 9.59 Å². The molecule has 1 aromatic rings. The summed E-state index contributed by atoms with van der Waals surface area (Å²) in [6, 6.07) is -0.300. The lowest BCUT2D eigenvalue weighted by Crippen LogP contribution is -2.60. The lowest BCUT2D eigenvalue weighted by molar-refractivity contribution is -0.146. The zero-order valence-electron chi connectivity index (χ0n) is 12.4. The number of carbonyl (C=O) groups excluding carboxylic acids is 2. The van der Waals surface area contributed by atoms with Crippen molar-refractivity contribution in [2.45, 2.75) is 51.6 Å². The van der Waals surface area contributed by atoms with Crippen molar-refractivity contribution in [3.05, 3.63) is 21.9 Å². The molecule has 2 aliphatic rings. The first-order valence-corrected chi connectivity index (χ1v) is 8.69. The van der Waals surface area contributed by atoms with Crippen LogP contribution in [0.2, 0.25) is 0 Å². The van der Waals surface area contributed by atoms with Crippen LogP contribution in [0.15, 0.2) is 10.8 Å². The maximum atomic E-state index is 12.7. The van der Waals surface area contributed by atoms with Crippen molar-refractivity contribution in [2.24, 2.45) is 5.92 Å². The van der Waals surface area contributed by atoms with E-state index in [1.807, 2.05) is 0 Å². The molecule has 114 valence electrons. The van der Waals surface area contributed by atoms with E-state index in [-0.39, 0.29) is 24.4 Å². The fourth-order valence-electron chi connectivity index (χ4n) is 3.40. The highest BCUT2D eigenvalue weighted by molar-refractivity contribution is 7.08. The number of rotatable bonds is 3. The Morgan fingerprint density at radius 3 is 2.67 bits per heavy atom. The molecule has 4 nitrogen and oxygen atoms in total. The first-order valence-electron chi connectivity index (χ1n) is 7.75. The van der Waals surface area contributed by atoms with Crippen molar-refractivity contribution in [3.63, 3.8) is 0 Å². The van der Waals surface area contributed by atoms with E-state index in [9.17, 15) is 9.59 Å². The molecule has 3 rings (SSSR count). The summed E-state index contributed by atoms with van der Waals surface area (Å²) in [5, 5.41) is 7.09. The van der Waals surface area contributed by atoms with Crippen LogP contribution in [0, 0.1) is 12.8 Å². The number of hydrogen-bond acceptors (Lipinski definition) is 3. The topological polar surface area (TPSA) is 49.4 Å². The molecule has 1 aliphatic carbocycles. The van der Waals surface area contributed by atoms with Crippen molar-refractivity contribution in [1.29, 1.82) is 0 Å². The average molecular weight is 306 g/mol. The van der Waals surface area contributed by atoms with Crippen LogP contribution in [0.3, 0.4) is 0 Å². The molecule has 0 bridgehead atoms. The van der Waals surface area contributed by atoms with Gasteiger partial charge in [0.1, 0.15) is 6.04 Å². The number of carbonyl (C=O) groups is 2. The second kappa shape index (κ2) is 6.18. The third kappa shape index (κ3) is 3.12. The Kier molecular flexibility index (Phi) is 4.29. The molecular formula is C16H22N2O2S. The predicted octanol–water partition coefficient (Wildman–Crippen LogP) is 2.46. The molecule has 1 aromatic heterocycles. The van der Waals surface area contributed by atoms with Gasteiger partial charge in [-0.2, -0.15) is 11.3 Å². The Morgan fingerprint density at radius 1 is 1.24 bits per heavy atom. The van der Waals surface area contributed by atoms with Crippen molar-refractivity contribution in [2.75, 3.05) is 6.54 Å². The Morgan fingerprint density at radius 2 is 2.00 bits per heavy atom. The summed E-state index contributed by atoms with van der Waals surface area (Å²) in [7, 11) is 0. The van der Waals surface area contributed by atoms with E-state index in [1.165, 1.54) is 24.8 Å². The molecule has 1 atom stereocenters. The van der Waals surface area contributed by atoms with Gasteiger partial charge in [-0.15, -0.1) is 0 Å². The lowest BCUT2D eigenvalue weighted by atomic mass is 9.82. The third-order valence-corrected chi connectivity index (χ3v) is 5.58. The highest BCUT2D eigenvalue weighted by Gasteiger charge is 2.38. The van der Waals surface area contributed by atoms with Crippen molar-refractivity contribution < 1.29 is 9.59 Å². The normalized spacial score (nSPS) is 24.2. The minimum Gasteiger partial charge on any atom is -0.342 e. The summed E-state index contributed by atoms with van der Waals surface area (Å²) in [6.07, 6.45) is 5.72. The van der Waals surface area contributed by atoms with E-state index < -0.39 is 0 Å². The van der Waals surface area contributed by atoms with Crippen LogP contribution >= 0.6 is 11.3 Å². The zero-order valence-corrected chi connectivity index (χ0v) is 13.2. The fourth-order valence-corrected chi connectivity index (χ4v) is 4.25. The Balaban J connectivity index is 1.73. The quantitative estimate of drug-likeness (QED) is 0.932. The number of amides is 2. The van der Waals surface area contributed by atoms with Crippen LogP contribution < -0.4 is 5.32 Å². The van der Waals surface area contributed by atoms with E-state index in [0.717, 1.165) is 18.4 Å². The maximum Gasteiger partial charge on any atom is 0.246 e. The van der Waals surface area contributed by atoms with Gasteiger partial charge in [0.15, 0.2) is 0 Å². The number of nitrogens with zero attached hydrogens (tertiary/aromatic N) is 1. The number of thiophene rings is 1. The van der Waals surface area contributed by atoms with Gasteiger partial charge >= 0.3 is 0 Å². The molecule has 5 heteroatoms. The SMILES string of the molecule is Cc1cscc1CN1CC(=O)NC(C2CCCCC2)C1=O. The van der Waals surface area contributed by atoms with E-state index in [0.29, 0.717) is 12.5 Å². The van der Waals surface area contributed by atoms with Gasteiger partial charge in [-0.05, 0) is 47.6 Å². The second-order valence-corrected chi connectivity index (χ2v) is 6.96. The van der Waals surface area contributed by atoms with Crippen molar-refractivity contribution in [3.8, 4) is 0 Å². The van der Waals surface area contributed by atoms with E-state index in [1.54, 1.807) is 16.2 Å². The number of aryl methyl sites for hydroxylation is 1. The van der Waals surface area contributed by atoms with Crippen LogP contribution in [0.25, 0.3) is 0 Å². The van der Waals surface area contributed by atoms with Crippen molar-refractivity contribution in [1.82, 2.24) is 10.2 Å². The molecule has 2 amide bonds. The molecule has 1 saturated heterocycles. The Labute approximate surface area is 129 Å². The molecule has 1 unspecified atom stereocenters. The molecule has 21 heavy (non-hydrogen) atoms. The highest BCUT2D eigenvalue weighted by atomic mass is 32.1. The molecule has 1 N–H and O–H groups in total. The van der Waals surface area contributed by atoms with Gasteiger partial charge < -0.3 is 10.2 Å². The Hall–Kier alpha value is -1.36. The smallest absolute Gasteiger partial charge is 0.246 e. The van der Waals surface area contributed by atoms with Gasteiger partial charge in [0.2, 0.25) is 11.8 Å². The molecule has 0 aromatic carbocycles. The summed E-state index contributed by atoms with van der Waals surface area (Å²) in [6.45, 7) is 2.81. The first kappa shape index (κ1) is 14.6. The number of hydrogen-bond donors (Lipinski definition) is 1. The van der Waals surface area contributed by atoms with Gasteiger partial charge in [-0.1, -0.05) is 19.3 Å². The highest BCUT2D eigenvalue weighted by Crippen LogP contribution is 2.29. The summed E-state index contributed by atoms with van der Waals surface area (Å²) >= 11 is 1.65. The van der Waals surface area contributed by atoms with Crippen molar-refractivity contribution >= 4 is 23.2 Å². The van der Waals surface area contributed by atoms with Gasteiger partial charge in [0.05, 0.1) is 6.54 Å². The van der Waals surface area contributed by atoms with Crippen LogP contribution in [-0.2, 0) is 16.1 Å². The van der Waals surface area contributed by atoms with Gasteiger partial charge in [0.25, 0.3) is 0 Å².